The highest BCUT2D eigenvalue weighted by Gasteiger charge is 2.29. The SMILES string of the molecule is O=C1NCCCCC1CC(=O)N1CCNC(c2cccnc2)C1. The summed E-state index contributed by atoms with van der Waals surface area (Å²) in [6.07, 6.45) is 6.75. The van der Waals surface area contributed by atoms with Crippen LogP contribution in [-0.2, 0) is 9.59 Å². The number of nitrogens with zero attached hydrogens (tertiary/aromatic N) is 2. The van der Waals surface area contributed by atoms with Crippen molar-refractivity contribution >= 4 is 11.8 Å². The minimum Gasteiger partial charge on any atom is -0.356 e. The zero-order valence-corrected chi connectivity index (χ0v) is 13.3. The number of hydrogen-bond donors (Lipinski definition) is 2. The highest BCUT2D eigenvalue weighted by atomic mass is 16.2. The van der Waals surface area contributed by atoms with E-state index in [0.29, 0.717) is 19.5 Å². The fourth-order valence-corrected chi connectivity index (χ4v) is 3.32. The Morgan fingerprint density at radius 3 is 3.09 bits per heavy atom. The highest BCUT2D eigenvalue weighted by molar-refractivity contribution is 5.86. The molecule has 3 rings (SSSR count). The monoisotopic (exact) mass is 316 g/mol. The molecule has 2 aliphatic rings. The number of hydrogen-bond acceptors (Lipinski definition) is 4. The highest BCUT2D eigenvalue weighted by Crippen LogP contribution is 2.20. The molecule has 2 N–H and O–H groups in total. The summed E-state index contributed by atoms with van der Waals surface area (Å²) in [5, 5.41) is 6.34. The number of amides is 2. The Morgan fingerprint density at radius 1 is 1.35 bits per heavy atom. The summed E-state index contributed by atoms with van der Waals surface area (Å²) in [4.78, 5) is 30.6. The average Bonchev–Trinajstić information content (AvgIpc) is 2.80. The third kappa shape index (κ3) is 4.07. The van der Waals surface area contributed by atoms with Gasteiger partial charge < -0.3 is 15.5 Å². The van der Waals surface area contributed by atoms with Crippen LogP contribution in [0.15, 0.2) is 24.5 Å². The minimum absolute atomic E-state index is 0.0368. The maximum absolute atomic E-state index is 12.6. The molecule has 2 atom stereocenters. The van der Waals surface area contributed by atoms with E-state index in [4.69, 9.17) is 0 Å². The van der Waals surface area contributed by atoms with E-state index < -0.39 is 0 Å². The second-order valence-electron chi connectivity index (χ2n) is 6.32. The zero-order valence-electron chi connectivity index (χ0n) is 13.3. The predicted molar refractivity (Wildman–Crippen MR) is 86.5 cm³/mol. The summed E-state index contributed by atoms with van der Waals surface area (Å²) in [5.74, 6) is -0.0473. The zero-order chi connectivity index (χ0) is 16.1. The Kier molecular flexibility index (Phi) is 5.23. The molecule has 6 nitrogen and oxygen atoms in total. The van der Waals surface area contributed by atoms with Gasteiger partial charge in [0.2, 0.25) is 11.8 Å². The lowest BCUT2D eigenvalue weighted by molar-refractivity contribution is -0.137. The maximum Gasteiger partial charge on any atom is 0.223 e. The average molecular weight is 316 g/mol. The third-order valence-electron chi connectivity index (χ3n) is 4.69. The molecular weight excluding hydrogens is 292 g/mol. The van der Waals surface area contributed by atoms with Gasteiger partial charge in [0.25, 0.3) is 0 Å². The lowest BCUT2D eigenvalue weighted by atomic mass is 9.97. The molecule has 0 spiro atoms. The molecule has 23 heavy (non-hydrogen) atoms. The van der Waals surface area contributed by atoms with Crippen molar-refractivity contribution < 1.29 is 9.59 Å². The molecule has 0 bridgehead atoms. The summed E-state index contributed by atoms with van der Waals surface area (Å²) < 4.78 is 0. The Balaban J connectivity index is 1.59. The fourth-order valence-electron chi connectivity index (χ4n) is 3.32. The van der Waals surface area contributed by atoms with Gasteiger partial charge in [-0.2, -0.15) is 0 Å². The van der Waals surface area contributed by atoms with Crippen LogP contribution in [0.5, 0.6) is 0 Å². The van der Waals surface area contributed by atoms with E-state index in [2.05, 4.69) is 15.6 Å². The molecule has 6 heteroatoms. The number of aromatic nitrogens is 1. The van der Waals surface area contributed by atoms with Crippen molar-refractivity contribution in [2.45, 2.75) is 31.7 Å². The second kappa shape index (κ2) is 7.55. The topological polar surface area (TPSA) is 74.3 Å². The van der Waals surface area contributed by atoms with Crippen molar-refractivity contribution in [3.63, 3.8) is 0 Å². The van der Waals surface area contributed by atoms with Gasteiger partial charge in [0.1, 0.15) is 0 Å². The summed E-state index contributed by atoms with van der Waals surface area (Å²) in [5.41, 5.74) is 1.09. The normalized spacial score (nSPS) is 25.6. The largest absolute Gasteiger partial charge is 0.356 e. The third-order valence-corrected chi connectivity index (χ3v) is 4.69. The van der Waals surface area contributed by atoms with Crippen LogP contribution in [0.1, 0.15) is 37.3 Å². The molecule has 0 radical (unpaired) electrons. The van der Waals surface area contributed by atoms with Crippen molar-refractivity contribution in [2.24, 2.45) is 5.92 Å². The molecular formula is C17H24N4O2. The quantitative estimate of drug-likeness (QED) is 0.867. The van der Waals surface area contributed by atoms with Crippen molar-refractivity contribution in [1.29, 1.82) is 0 Å². The first-order valence-electron chi connectivity index (χ1n) is 8.43. The van der Waals surface area contributed by atoms with E-state index in [1.165, 1.54) is 0 Å². The molecule has 2 saturated heterocycles. The van der Waals surface area contributed by atoms with Crippen LogP contribution in [-0.4, -0.2) is 47.9 Å². The molecule has 124 valence electrons. The molecule has 0 aromatic carbocycles. The Hall–Kier alpha value is -1.95. The Bertz CT molecular complexity index is 549. The van der Waals surface area contributed by atoms with Crippen molar-refractivity contribution in [3.05, 3.63) is 30.1 Å². The van der Waals surface area contributed by atoms with Crippen LogP contribution in [0.4, 0.5) is 0 Å². The first-order valence-corrected chi connectivity index (χ1v) is 8.43. The molecule has 1 aromatic heterocycles. The fraction of sp³-hybridized carbons (Fsp3) is 0.588. The number of nitrogens with one attached hydrogen (secondary N) is 2. The summed E-state index contributed by atoms with van der Waals surface area (Å²) in [6, 6.07) is 4.05. The molecule has 0 aliphatic carbocycles. The van der Waals surface area contributed by atoms with E-state index in [-0.39, 0.29) is 23.8 Å². The summed E-state index contributed by atoms with van der Waals surface area (Å²) in [7, 11) is 0. The number of carbonyl (C=O) groups excluding carboxylic acids is 2. The lowest BCUT2D eigenvalue weighted by Gasteiger charge is -2.34. The van der Waals surface area contributed by atoms with E-state index in [9.17, 15) is 9.59 Å². The van der Waals surface area contributed by atoms with Crippen LogP contribution in [0.2, 0.25) is 0 Å². The number of pyridine rings is 1. The van der Waals surface area contributed by atoms with E-state index >= 15 is 0 Å². The van der Waals surface area contributed by atoms with Gasteiger partial charge in [-0.25, -0.2) is 0 Å². The van der Waals surface area contributed by atoms with Crippen LogP contribution < -0.4 is 10.6 Å². The van der Waals surface area contributed by atoms with Gasteiger partial charge in [-0.1, -0.05) is 12.5 Å². The predicted octanol–water partition coefficient (Wildman–Crippen LogP) is 0.861. The maximum atomic E-state index is 12.6. The lowest BCUT2D eigenvalue weighted by Crippen LogP contribution is -2.49. The molecule has 1 aromatic rings. The van der Waals surface area contributed by atoms with Gasteiger partial charge in [-0.05, 0) is 24.5 Å². The van der Waals surface area contributed by atoms with Crippen molar-refractivity contribution in [3.8, 4) is 0 Å². The van der Waals surface area contributed by atoms with Crippen LogP contribution in [0.25, 0.3) is 0 Å². The summed E-state index contributed by atoms with van der Waals surface area (Å²) in [6.45, 7) is 2.84. The molecule has 2 amide bonds. The van der Waals surface area contributed by atoms with Crippen LogP contribution in [0, 0.1) is 5.92 Å². The van der Waals surface area contributed by atoms with E-state index in [1.54, 1.807) is 6.20 Å². The summed E-state index contributed by atoms with van der Waals surface area (Å²) >= 11 is 0. The second-order valence-corrected chi connectivity index (χ2v) is 6.32. The van der Waals surface area contributed by atoms with Crippen molar-refractivity contribution in [2.75, 3.05) is 26.2 Å². The van der Waals surface area contributed by atoms with Gasteiger partial charge in [-0.3, -0.25) is 14.6 Å². The molecule has 2 unspecified atom stereocenters. The van der Waals surface area contributed by atoms with Crippen LogP contribution >= 0.6 is 0 Å². The Morgan fingerprint density at radius 2 is 2.26 bits per heavy atom. The minimum atomic E-state index is -0.170. The molecule has 2 fully saturated rings. The smallest absolute Gasteiger partial charge is 0.223 e. The number of carbonyl (C=O) groups is 2. The van der Waals surface area contributed by atoms with Gasteiger partial charge in [0.15, 0.2) is 0 Å². The number of rotatable bonds is 3. The van der Waals surface area contributed by atoms with E-state index in [1.807, 2.05) is 23.2 Å². The number of piperazine rings is 1. The Labute approximate surface area is 136 Å². The van der Waals surface area contributed by atoms with Gasteiger partial charge in [0, 0.05) is 50.9 Å². The molecule has 0 saturated carbocycles. The van der Waals surface area contributed by atoms with Gasteiger partial charge in [-0.15, -0.1) is 0 Å². The van der Waals surface area contributed by atoms with Crippen molar-refractivity contribution in [1.82, 2.24) is 20.5 Å². The molecule has 3 heterocycles. The van der Waals surface area contributed by atoms with Crippen LogP contribution in [0.3, 0.4) is 0 Å². The first-order chi connectivity index (χ1) is 11.2. The standard InChI is InChI=1S/C17H24N4O2/c22-16(10-13-4-1-2-7-20-17(13)23)21-9-8-19-15(12-21)14-5-3-6-18-11-14/h3,5-6,11,13,15,19H,1-2,4,7-10,12H2,(H,20,23). The first kappa shape index (κ1) is 15.9. The molecule has 2 aliphatic heterocycles. The van der Waals surface area contributed by atoms with E-state index in [0.717, 1.165) is 37.9 Å². The van der Waals surface area contributed by atoms with Gasteiger partial charge in [0.05, 0.1) is 6.04 Å². The van der Waals surface area contributed by atoms with Gasteiger partial charge >= 0.3 is 0 Å².